The van der Waals surface area contributed by atoms with Crippen LogP contribution in [0.25, 0.3) is 0 Å². The first kappa shape index (κ1) is 15.6. The van der Waals surface area contributed by atoms with E-state index in [0.29, 0.717) is 0 Å². The van der Waals surface area contributed by atoms with E-state index in [1.165, 1.54) is 6.07 Å². The zero-order valence-corrected chi connectivity index (χ0v) is 11.8. The molecule has 0 atom stereocenters. The van der Waals surface area contributed by atoms with Crippen molar-refractivity contribution >= 4 is 17.5 Å². The molecule has 0 saturated carbocycles. The van der Waals surface area contributed by atoms with Crippen molar-refractivity contribution in [1.29, 1.82) is 0 Å². The third-order valence-corrected chi connectivity index (χ3v) is 2.96. The number of hydrogen-bond donors (Lipinski definition) is 2. The predicted octanol–water partition coefficient (Wildman–Crippen LogP) is 2.53. The molecule has 0 spiro atoms. The normalized spacial score (nSPS) is 10.1. The van der Waals surface area contributed by atoms with E-state index < -0.39 is 23.4 Å². The average molecular weight is 304 g/mol. The van der Waals surface area contributed by atoms with Crippen LogP contribution in [0, 0.1) is 18.6 Å². The van der Waals surface area contributed by atoms with Crippen molar-refractivity contribution in [3.63, 3.8) is 0 Å². The van der Waals surface area contributed by atoms with E-state index in [4.69, 9.17) is 0 Å². The molecule has 2 amide bonds. The molecule has 0 fully saturated rings. The highest BCUT2D eigenvalue weighted by molar-refractivity contribution is 6.39. The summed E-state index contributed by atoms with van der Waals surface area (Å²) < 4.78 is 25.8. The lowest BCUT2D eigenvalue weighted by molar-refractivity contribution is -0.136. The number of carbonyl (C=O) groups excluding carboxylic acids is 2. The van der Waals surface area contributed by atoms with Gasteiger partial charge in [0.1, 0.15) is 0 Å². The van der Waals surface area contributed by atoms with Gasteiger partial charge in [0.15, 0.2) is 11.6 Å². The number of halogens is 2. The Balaban J connectivity index is 1.90. The van der Waals surface area contributed by atoms with Crippen LogP contribution in [-0.2, 0) is 16.1 Å². The molecule has 0 bridgehead atoms. The van der Waals surface area contributed by atoms with Crippen LogP contribution in [0.2, 0.25) is 0 Å². The maximum Gasteiger partial charge on any atom is 0.313 e. The Morgan fingerprint density at radius 2 is 1.64 bits per heavy atom. The van der Waals surface area contributed by atoms with Crippen molar-refractivity contribution in [2.24, 2.45) is 0 Å². The highest BCUT2D eigenvalue weighted by Gasteiger charge is 2.14. The van der Waals surface area contributed by atoms with Crippen molar-refractivity contribution in [1.82, 2.24) is 5.32 Å². The first-order chi connectivity index (χ1) is 10.5. The van der Waals surface area contributed by atoms with E-state index in [1.807, 2.05) is 31.2 Å². The quantitative estimate of drug-likeness (QED) is 0.856. The van der Waals surface area contributed by atoms with Crippen LogP contribution in [0.15, 0.2) is 42.5 Å². The molecule has 4 nitrogen and oxygen atoms in total. The predicted molar refractivity (Wildman–Crippen MR) is 78.0 cm³/mol. The van der Waals surface area contributed by atoms with Gasteiger partial charge in [-0.1, -0.05) is 29.8 Å². The molecule has 6 heteroatoms. The van der Waals surface area contributed by atoms with Crippen LogP contribution < -0.4 is 10.6 Å². The fraction of sp³-hybridized carbons (Fsp3) is 0.125. The van der Waals surface area contributed by atoms with Gasteiger partial charge < -0.3 is 10.6 Å². The lowest BCUT2D eigenvalue weighted by atomic mass is 10.1. The summed E-state index contributed by atoms with van der Waals surface area (Å²) in [5.41, 5.74) is 1.94. The molecule has 2 N–H and O–H groups in total. The lowest BCUT2D eigenvalue weighted by Crippen LogP contribution is -2.35. The maximum atomic E-state index is 13.0. The van der Waals surface area contributed by atoms with E-state index >= 15 is 0 Å². The van der Waals surface area contributed by atoms with Gasteiger partial charge >= 0.3 is 11.8 Å². The molecular formula is C16H14F2N2O2. The molecule has 0 aromatic heterocycles. The van der Waals surface area contributed by atoms with Gasteiger partial charge in [-0.05, 0) is 24.6 Å². The maximum absolute atomic E-state index is 13.0. The molecule has 0 radical (unpaired) electrons. The van der Waals surface area contributed by atoms with Gasteiger partial charge in [0, 0.05) is 18.3 Å². The summed E-state index contributed by atoms with van der Waals surface area (Å²) in [6, 6.07) is 10.3. The minimum absolute atomic E-state index is 0.00869. The third kappa shape index (κ3) is 4.12. The summed E-state index contributed by atoms with van der Waals surface area (Å²) >= 11 is 0. The molecule has 0 heterocycles. The van der Waals surface area contributed by atoms with Crippen molar-refractivity contribution in [2.75, 3.05) is 5.32 Å². The minimum atomic E-state index is -1.10. The van der Waals surface area contributed by atoms with Crippen molar-refractivity contribution in [2.45, 2.75) is 13.5 Å². The average Bonchev–Trinajstić information content (AvgIpc) is 2.50. The second kappa shape index (κ2) is 6.80. The number of carbonyl (C=O) groups is 2. The molecule has 2 aromatic rings. The van der Waals surface area contributed by atoms with Crippen molar-refractivity contribution in [3.05, 3.63) is 65.2 Å². The molecule has 0 aliphatic carbocycles. The lowest BCUT2D eigenvalue weighted by Gasteiger charge is -2.07. The van der Waals surface area contributed by atoms with Crippen LogP contribution in [0.1, 0.15) is 11.1 Å². The van der Waals surface area contributed by atoms with Crippen LogP contribution in [0.5, 0.6) is 0 Å². The summed E-state index contributed by atoms with van der Waals surface area (Å²) in [6.45, 7) is 2.14. The standard InChI is InChI=1S/C16H14F2N2O2/c1-10-2-4-11(5-3-10)9-19-15(21)16(22)20-12-6-7-13(17)14(18)8-12/h2-8H,9H2,1H3,(H,19,21)(H,20,22). The van der Waals surface area contributed by atoms with Crippen LogP contribution >= 0.6 is 0 Å². The highest BCUT2D eigenvalue weighted by Crippen LogP contribution is 2.12. The van der Waals surface area contributed by atoms with Crippen LogP contribution in [-0.4, -0.2) is 11.8 Å². The van der Waals surface area contributed by atoms with Gasteiger partial charge in [0.05, 0.1) is 0 Å². The number of rotatable bonds is 3. The number of nitrogens with one attached hydrogen (secondary N) is 2. The van der Waals surface area contributed by atoms with E-state index in [1.54, 1.807) is 0 Å². The topological polar surface area (TPSA) is 58.2 Å². The van der Waals surface area contributed by atoms with E-state index in [9.17, 15) is 18.4 Å². The molecule has 114 valence electrons. The first-order valence-corrected chi connectivity index (χ1v) is 6.55. The Bertz CT molecular complexity index is 700. The van der Waals surface area contributed by atoms with Crippen molar-refractivity contribution < 1.29 is 18.4 Å². The zero-order chi connectivity index (χ0) is 16.1. The fourth-order valence-corrected chi connectivity index (χ4v) is 1.73. The second-order valence-corrected chi connectivity index (χ2v) is 4.75. The largest absolute Gasteiger partial charge is 0.344 e. The summed E-state index contributed by atoms with van der Waals surface area (Å²) in [5, 5.41) is 4.64. The molecule has 0 aliphatic heterocycles. The Morgan fingerprint density at radius 1 is 0.955 bits per heavy atom. The third-order valence-electron chi connectivity index (χ3n) is 2.96. The van der Waals surface area contributed by atoms with Crippen molar-refractivity contribution in [3.8, 4) is 0 Å². The van der Waals surface area contributed by atoms with Gasteiger partial charge in [-0.25, -0.2) is 8.78 Å². The number of amides is 2. The number of benzene rings is 2. The van der Waals surface area contributed by atoms with Gasteiger partial charge in [0.2, 0.25) is 0 Å². The zero-order valence-electron chi connectivity index (χ0n) is 11.8. The summed E-state index contributed by atoms with van der Waals surface area (Å²) in [7, 11) is 0. The summed E-state index contributed by atoms with van der Waals surface area (Å²) in [4.78, 5) is 23.3. The Labute approximate surface area is 126 Å². The smallest absolute Gasteiger partial charge is 0.313 e. The van der Waals surface area contributed by atoms with Gasteiger partial charge in [0.25, 0.3) is 0 Å². The summed E-state index contributed by atoms with van der Waals surface area (Å²) in [5.74, 6) is -3.93. The summed E-state index contributed by atoms with van der Waals surface area (Å²) in [6.07, 6.45) is 0. The monoisotopic (exact) mass is 304 g/mol. The second-order valence-electron chi connectivity index (χ2n) is 4.75. The molecule has 22 heavy (non-hydrogen) atoms. The molecule has 0 unspecified atom stereocenters. The Kier molecular flexibility index (Phi) is 4.83. The molecular weight excluding hydrogens is 290 g/mol. The SMILES string of the molecule is Cc1ccc(CNC(=O)C(=O)Nc2ccc(F)c(F)c2)cc1. The van der Waals surface area contributed by atoms with Crippen LogP contribution in [0.4, 0.5) is 14.5 Å². The van der Waals surface area contributed by atoms with Crippen LogP contribution in [0.3, 0.4) is 0 Å². The minimum Gasteiger partial charge on any atom is -0.344 e. The van der Waals surface area contributed by atoms with Gasteiger partial charge in [-0.2, -0.15) is 0 Å². The fourth-order valence-electron chi connectivity index (χ4n) is 1.73. The number of hydrogen-bond acceptors (Lipinski definition) is 2. The van der Waals surface area contributed by atoms with E-state index in [-0.39, 0.29) is 12.2 Å². The van der Waals surface area contributed by atoms with Gasteiger partial charge in [-0.15, -0.1) is 0 Å². The van der Waals surface area contributed by atoms with E-state index in [2.05, 4.69) is 10.6 Å². The van der Waals surface area contributed by atoms with E-state index in [0.717, 1.165) is 23.3 Å². The molecule has 2 aromatic carbocycles. The number of aryl methyl sites for hydroxylation is 1. The molecule has 2 rings (SSSR count). The Hall–Kier alpha value is -2.76. The highest BCUT2D eigenvalue weighted by atomic mass is 19.2. The Morgan fingerprint density at radius 3 is 2.27 bits per heavy atom. The van der Waals surface area contributed by atoms with Gasteiger partial charge in [-0.3, -0.25) is 9.59 Å². The first-order valence-electron chi connectivity index (χ1n) is 6.55. The molecule has 0 saturated heterocycles. The molecule has 0 aliphatic rings. The number of anilines is 1.